The van der Waals surface area contributed by atoms with E-state index in [-0.39, 0.29) is 23.5 Å². The van der Waals surface area contributed by atoms with Crippen molar-refractivity contribution in [1.29, 1.82) is 0 Å². The lowest BCUT2D eigenvalue weighted by molar-refractivity contribution is -0.123. The van der Waals surface area contributed by atoms with Gasteiger partial charge in [0.15, 0.2) is 18.1 Å². The van der Waals surface area contributed by atoms with Crippen LogP contribution in [-0.2, 0) is 14.8 Å². The summed E-state index contributed by atoms with van der Waals surface area (Å²) >= 11 is 0. The Hall–Kier alpha value is -2.78. The molecule has 0 saturated heterocycles. The molecule has 0 fully saturated rings. The van der Waals surface area contributed by atoms with Crippen molar-refractivity contribution >= 4 is 15.9 Å². The molecule has 2 rings (SSSR count). The zero-order valence-electron chi connectivity index (χ0n) is 19.5. The number of sulfonamides is 1. The van der Waals surface area contributed by atoms with Crippen molar-refractivity contribution in [3.8, 4) is 17.2 Å². The van der Waals surface area contributed by atoms with Crippen LogP contribution in [0.25, 0.3) is 0 Å². The molecule has 176 valence electrons. The summed E-state index contributed by atoms with van der Waals surface area (Å²) in [5.41, 5.74) is 1.50. The maximum atomic E-state index is 12.7. The van der Waals surface area contributed by atoms with Gasteiger partial charge in [-0.3, -0.25) is 4.79 Å². The van der Waals surface area contributed by atoms with E-state index in [2.05, 4.69) is 5.32 Å². The van der Waals surface area contributed by atoms with Gasteiger partial charge < -0.3 is 19.5 Å². The largest absolute Gasteiger partial charge is 0.493 e. The van der Waals surface area contributed by atoms with E-state index in [1.807, 2.05) is 19.1 Å². The molecule has 1 atom stereocenters. The third-order valence-electron chi connectivity index (χ3n) is 5.13. The Morgan fingerprint density at radius 3 is 2.19 bits per heavy atom. The van der Waals surface area contributed by atoms with E-state index in [4.69, 9.17) is 14.2 Å². The van der Waals surface area contributed by atoms with Gasteiger partial charge in [-0.25, -0.2) is 8.42 Å². The van der Waals surface area contributed by atoms with Crippen molar-refractivity contribution in [3.63, 3.8) is 0 Å². The molecular formula is C23H32N2O6S. The molecule has 1 unspecified atom stereocenters. The van der Waals surface area contributed by atoms with Gasteiger partial charge in [-0.2, -0.15) is 4.31 Å². The number of nitrogens with one attached hydrogen (secondary N) is 1. The number of ether oxygens (including phenoxy) is 3. The number of carbonyl (C=O) groups is 1. The van der Waals surface area contributed by atoms with Gasteiger partial charge in [-0.05, 0) is 55.3 Å². The van der Waals surface area contributed by atoms with Crippen molar-refractivity contribution < 1.29 is 27.4 Å². The first-order valence-corrected chi connectivity index (χ1v) is 11.9. The predicted octanol–water partition coefficient (Wildman–Crippen LogP) is 3.30. The number of nitrogens with zero attached hydrogens (tertiary/aromatic N) is 1. The first-order valence-electron chi connectivity index (χ1n) is 10.4. The molecule has 1 amide bonds. The van der Waals surface area contributed by atoms with Crippen molar-refractivity contribution in [2.24, 2.45) is 0 Å². The molecule has 0 spiro atoms. The highest BCUT2D eigenvalue weighted by Crippen LogP contribution is 2.30. The quantitative estimate of drug-likeness (QED) is 0.548. The molecule has 0 heterocycles. The fourth-order valence-corrected chi connectivity index (χ4v) is 4.83. The van der Waals surface area contributed by atoms with Gasteiger partial charge in [0.2, 0.25) is 10.0 Å². The lowest BCUT2D eigenvalue weighted by Gasteiger charge is -2.19. The lowest BCUT2D eigenvalue weighted by Crippen LogP contribution is -2.31. The highest BCUT2D eigenvalue weighted by atomic mass is 32.2. The zero-order chi connectivity index (χ0) is 23.9. The van der Waals surface area contributed by atoms with Crippen LogP contribution in [0.4, 0.5) is 0 Å². The molecule has 2 aromatic carbocycles. The van der Waals surface area contributed by atoms with Gasteiger partial charge in [0, 0.05) is 13.1 Å². The Bertz CT molecular complexity index is 1030. The Morgan fingerprint density at radius 2 is 1.62 bits per heavy atom. The second kappa shape index (κ2) is 11.2. The number of aryl methyl sites for hydroxylation is 1. The normalized spacial score (nSPS) is 12.3. The summed E-state index contributed by atoms with van der Waals surface area (Å²) in [6, 6.07) is 9.82. The summed E-state index contributed by atoms with van der Waals surface area (Å²) in [5, 5.41) is 2.88. The molecule has 0 aliphatic rings. The number of hydrogen-bond donors (Lipinski definition) is 1. The van der Waals surface area contributed by atoms with Crippen LogP contribution in [0.15, 0.2) is 41.3 Å². The van der Waals surface area contributed by atoms with Crippen LogP contribution < -0.4 is 19.5 Å². The van der Waals surface area contributed by atoms with Crippen LogP contribution in [0.3, 0.4) is 0 Å². The molecule has 0 aliphatic heterocycles. The molecule has 32 heavy (non-hydrogen) atoms. The molecule has 0 radical (unpaired) electrons. The van der Waals surface area contributed by atoms with Crippen molar-refractivity contribution in [2.45, 2.75) is 38.6 Å². The van der Waals surface area contributed by atoms with E-state index in [1.54, 1.807) is 53.2 Å². The third kappa shape index (κ3) is 5.92. The minimum absolute atomic E-state index is 0.194. The van der Waals surface area contributed by atoms with Gasteiger partial charge >= 0.3 is 0 Å². The van der Waals surface area contributed by atoms with Crippen LogP contribution in [0.2, 0.25) is 0 Å². The highest BCUT2D eigenvalue weighted by Gasteiger charge is 2.22. The minimum atomic E-state index is -3.55. The number of carbonyl (C=O) groups excluding carboxylic acids is 1. The van der Waals surface area contributed by atoms with Gasteiger partial charge in [-0.1, -0.05) is 19.9 Å². The minimum Gasteiger partial charge on any atom is -0.493 e. The standard InChI is InChI=1S/C23H32N2O6S/c1-7-25(8-2)32(27,28)19-10-12-20(16(3)13-19)31-15-23(26)24-17(4)18-9-11-21(29-5)22(14-18)30-6/h9-14,17H,7-8,15H2,1-6H3,(H,24,26). The van der Waals surface area contributed by atoms with Crippen molar-refractivity contribution in [1.82, 2.24) is 9.62 Å². The predicted molar refractivity (Wildman–Crippen MR) is 123 cm³/mol. The Morgan fingerprint density at radius 1 is 1.00 bits per heavy atom. The average molecular weight is 465 g/mol. The molecule has 9 heteroatoms. The van der Waals surface area contributed by atoms with Crippen LogP contribution >= 0.6 is 0 Å². The van der Waals surface area contributed by atoms with Crippen LogP contribution in [0, 0.1) is 6.92 Å². The van der Waals surface area contributed by atoms with Crippen LogP contribution in [-0.4, -0.2) is 52.5 Å². The molecule has 0 saturated carbocycles. The van der Waals surface area contributed by atoms with Crippen molar-refractivity contribution in [2.75, 3.05) is 33.9 Å². The Kier molecular flexibility index (Phi) is 8.91. The number of amides is 1. The summed E-state index contributed by atoms with van der Waals surface area (Å²) in [7, 11) is -0.432. The smallest absolute Gasteiger partial charge is 0.258 e. The number of methoxy groups -OCH3 is 2. The molecule has 1 N–H and O–H groups in total. The van der Waals surface area contributed by atoms with Gasteiger partial charge in [0.1, 0.15) is 5.75 Å². The lowest BCUT2D eigenvalue weighted by atomic mass is 10.1. The first kappa shape index (κ1) is 25.5. The summed E-state index contributed by atoms with van der Waals surface area (Å²) in [4.78, 5) is 12.6. The van der Waals surface area contributed by atoms with E-state index in [0.717, 1.165) is 5.56 Å². The fourth-order valence-electron chi connectivity index (χ4n) is 3.29. The van der Waals surface area contributed by atoms with Gasteiger partial charge in [0.05, 0.1) is 25.2 Å². The van der Waals surface area contributed by atoms with E-state index in [1.165, 1.54) is 10.4 Å². The fraction of sp³-hybridized carbons (Fsp3) is 0.435. The topological polar surface area (TPSA) is 94.2 Å². The molecule has 0 bridgehead atoms. The number of hydrogen-bond acceptors (Lipinski definition) is 6. The zero-order valence-corrected chi connectivity index (χ0v) is 20.3. The summed E-state index contributed by atoms with van der Waals surface area (Å²) in [6.45, 7) is 7.81. The number of benzene rings is 2. The Labute approximate surface area is 190 Å². The monoisotopic (exact) mass is 464 g/mol. The third-order valence-corrected chi connectivity index (χ3v) is 7.18. The maximum Gasteiger partial charge on any atom is 0.258 e. The van der Waals surface area contributed by atoms with E-state index >= 15 is 0 Å². The average Bonchev–Trinajstić information content (AvgIpc) is 2.78. The molecule has 2 aromatic rings. The summed E-state index contributed by atoms with van der Waals surface area (Å²) in [6.07, 6.45) is 0. The molecule has 0 aromatic heterocycles. The van der Waals surface area contributed by atoms with E-state index in [0.29, 0.717) is 35.9 Å². The van der Waals surface area contributed by atoms with Gasteiger partial charge in [-0.15, -0.1) is 0 Å². The molecular weight excluding hydrogens is 432 g/mol. The van der Waals surface area contributed by atoms with Crippen LogP contribution in [0.1, 0.15) is 37.9 Å². The van der Waals surface area contributed by atoms with E-state index < -0.39 is 10.0 Å². The summed E-state index contributed by atoms with van der Waals surface area (Å²) in [5.74, 6) is 1.35. The highest BCUT2D eigenvalue weighted by molar-refractivity contribution is 7.89. The second-order valence-electron chi connectivity index (χ2n) is 7.21. The first-order chi connectivity index (χ1) is 15.2. The van der Waals surface area contributed by atoms with Crippen LogP contribution in [0.5, 0.6) is 17.2 Å². The molecule has 0 aliphatic carbocycles. The second-order valence-corrected chi connectivity index (χ2v) is 9.15. The maximum absolute atomic E-state index is 12.7. The Balaban J connectivity index is 2.02. The van der Waals surface area contributed by atoms with Crippen molar-refractivity contribution in [3.05, 3.63) is 47.5 Å². The van der Waals surface area contributed by atoms with Gasteiger partial charge in [0.25, 0.3) is 5.91 Å². The summed E-state index contributed by atoms with van der Waals surface area (Å²) < 4.78 is 42.9. The molecule has 8 nitrogen and oxygen atoms in total. The number of rotatable bonds is 11. The SMILES string of the molecule is CCN(CC)S(=O)(=O)c1ccc(OCC(=O)NC(C)c2ccc(OC)c(OC)c2)c(C)c1. The van der Waals surface area contributed by atoms with E-state index in [9.17, 15) is 13.2 Å².